The van der Waals surface area contributed by atoms with Crippen molar-refractivity contribution in [1.29, 1.82) is 0 Å². The summed E-state index contributed by atoms with van der Waals surface area (Å²) >= 11 is 0. The number of hydrogen-bond acceptors (Lipinski definition) is 6. The zero-order valence-corrected chi connectivity index (χ0v) is 17.3. The van der Waals surface area contributed by atoms with Crippen molar-refractivity contribution in [1.82, 2.24) is 0 Å². The number of ether oxygens (including phenoxy) is 1. The van der Waals surface area contributed by atoms with E-state index in [-0.39, 0.29) is 52.7 Å². The largest absolute Gasteiger partial charge is 0.458 e. The summed E-state index contributed by atoms with van der Waals surface area (Å²) in [6, 6.07) is 0. The van der Waals surface area contributed by atoms with Crippen molar-refractivity contribution < 1.29 is 29.6 Å². The van der Waals surface area contributed by atoms with E-state index in [1.807, 2.05) is 0 Å². The van der Waals surface area contributed by atoms with Gasteiger partial charge in [-0.2, -0.15) is 0 Å². The Morgan fingerprint density at radius 2 is 1.72 bits per heavy atom. The minimum atomic E-state index is -1.27. The molecule has 9 unspecified atom stereocenters. The molecule has 1 heterocycles. The third-order valence-electron chi connectivity index (χ3n) is 9.88. The van der Waals surface area contributed by atoms with E-state index in [0.717, 1.165) is 37.7 Å². The molecular weight excluding hydrogens is 372 g/mol. The molecule has 0 saturated heterocycles. The van der Waals surface area contributed by atoms with Gasteiger partial charge in [0.05, 0.1) is 11.7 Å². The number of rotatable bonds is 1. The highest BCUT2D eigenvalue weighted by molar-refractivity contribution is 5.86. The van der Waals surface area contributed by atoms with Crippen molar-refractivity contribution in [2.45, 2.75) is 76.6 Å². The lowest BCUT2D eigenvalue weighted by Gasteiger charge is -2.64. The Labute approximate surface area is 171 Å². The van der Waals surface area contributed by atoms with Gasteiger partial charge >= 0.3 is 5.97 Å². The molecule has 4 saturated carbocycles. The predicted octanol–water partition coefficient (Wildman–Crippen LogP) is 1.75. The quantitative estimate of drug-likeness (QED) is 0.575. The molecule has 3 N–H and O–H groups in total. The molecule has 0 aromatic carbocycles. The summed E-state index contributed by atoms with van der Waals surface area (Å²) in [7, 11) is 0. The molecule has 5 rings (SSSR count). The van der Waals surface area contributed by atoms with E-state index < -0.39 is 17.8 Å². The molecule has 5 aliphatic rings. The van der Waals surface area contributed by atoms with Crippen molar-refractivity contribution in [3.05, 3.63) is 11.6 Å². The molecular formula is C23H32O6. The topological polar surface area (TPSA) is 104 Å². The number of cyclic esters (lactones) is 1. The van der Waals surface area contributed by atoms with E-state index >= 15 is 0 Å². The summed E-state index contributed by atoms with van der Waals surface area (Å²) in [6.45, 7) is 4.59. The van der Waals surface area contributed by atoms with E-state index in [1.165, 1.54) is 0 Å². The number of esters is 1. The lowest BCUT2D eigenvalue weighted by molar-refractivity contribution is -0.222. The number of carbonyl (C=O) groups excluding carboxylic acids is 2. The van der Waals surface area contributed by atoms with Crippen LogP contribution in [-0.4, -0.2) is 51.5 Å². The Hall–Kier alpha value is -1.24. The van der Waals surface area contributed by atoms with Crippen LogP contribution in [0.2, 0.25) is 0 Å². The Bertz CT molecular complexity index is 790. The molecule has 1 aliphatic heterocycles. The zero-order chi connectivity index (χ0) is 20.8. The molecule has 4 aliphatic carbocycles. The Morgan fingerprint density at radius 1 is 1.00 bits per heavy atom. The maximum Gasteiger partial charge on any atom is 0.331 e. The lowest BCUT2D eigenvalue weighted by atomic mass is 9.42. The maximum atomic E-state index is 12.4. The van der Waals surface area contributed by atoms with Gasteiger partial charge in [-0.3, -0.25) is 4.79 Å². The maximum absolute atomic E-state index is 12.4. The van der Waals surface area contributed by atoms with Crippen LogP contribution in [0.5, 0.6) is 0 Å². The van der Waals surface area contributed by atoms with Crippen molar-refractivity contribution in [3.63, 3.8) is 0 Å². The summed E-state index contributed by atoms with van der Waals surface area (Å²) in [5.41, 5.74) is -0.531. The van der Waals surface area contributed by atoms with Crippen LogP contribution in [0.4, 0.5) is 0 Å². The van der Waals surface area contributed by atoms with Crippen molar-refractivity contribution in [2.75, 3.05) is 6.61 Å². The summed E-state index contributed by atoms with van der Waals surface area (Å²) < 4.78 is 5.16. The second kappa shape index (κ2) is 6.14. The van der Waals surface area contributed by atoms with Crippen molar-refractivity contribution >= 4 is 11.8 Å². The number of Topliss-reactive ketones (excluding diaryl/α,β-unsaturated/α-hetero) is 1. The normalized spacial score (nSPS) is 54.3. The minimum Gasteiger partial charge on any atom is -0.458 e. The smallest absolute Gasteiger partial charge is 0.331 e. The zero-order valence-electron chi connectivity index (χ0n) is 17.3. The standard InChI is InChI=1S/C23H32O6/c1-21-10-17(24)20(27)19(26)16(21)4-3-15-14(21)5-7-22(2)13(6-8-23(15,22)28)12-9-18(25)29-11-12/h9,13-16,19-20,26-28H,3-8,10-11H2,1-2H3. The summed E-state index contributed by atoms with van der Waals surface area (Å²) in [4.78, 5) is 24.1. The number of carbonyl (C=O) groups is 2. The van der Waals surface area contributed by atoms with Gasteiger partial charge in [0, 0.05) is 17.9 Å². The first-order valence-electron chi connectivity index (χ1n) is 11.1. The highest BCUT2D eigenvalue weighted by Crippen LogP contribution is 2.69. The van der Waals surface area contributed by atoms with Gasteiger partial charge in [-0.25, -0.2) is 4.79 Å². The first-order valence-corrected chi connectivity index (χ1v) is 11.1. The Morgan fingerprint density at radius 3 is 2.41 bits per heavy atom. The molecule has 9 atom stereocenters. The van der Waals surface area contributed by atoms with Gasteiger partial charge in [-0.05, 0) is 73.2 Å². The fraction of sp³-hybridized carbons (Fsp3) is 0.826. The second-order valence-electron chi connectivity index (χ2n) is 10.8. The van der Waals surface area contributed by atoms with Gasteiger partial charge < -0.3 is 20.1 Å². The first kappa shape index (κ1) is 19.7. The molecule has 0 spiro atoms. The van der Waals surface area contributed by atoms with Crippen LogP contribution in [0, 0.1) is 34.5 Å². The minimum absolute atomic E-state index is 0.0707. The van der Waals surface area contributed by atoms with E-state index in [4.69, 9.17) is 4.74 Å². The monoisotopic (exact) mass is 404 g/mol. The predicted molar refractivity (Wildman–Crippen MR) is 104 cm³/mol. The van der Waals surface area contributed by atoms with Crippen LogP contribution in [0.25, 0.3) is 0 Å². The van der Waals surface area contributed by atoms with Gasteiger partial charge in [0.1, 0.15) is 12.7 Å². The number of aliphatic hydroxyl groups is 3. The number of fused-ring (bicyclic) bond motifs is 5. The SMILES string of the molecule is CC12CC(=O)C(O)C(O)C1CCC1C2CCC2(C)C(C3=CC(=O)OC3)CCC12O. The van der Waals surface area contributed by atoms with Gasteiger partial charge in [0.15, 0.2) is 5.78 Å². The van der Waals surface area contributed by atoms with E-state index in [0.29, 0.717) is 13.0 Å². The summed E-state index contributed by atoms with van der Waals surface area (Å²) in [6.07, 6.45) is 4.40. The van der Waals surface area contributed by atoms with E-state index in [2.05, 4.69) is 13.8 Å². The van der Waals surface area contributed by atoms with Crippen LogP contribution < -0.4 is 0 Å². The molecule has 160 valence electrons. The third kappa shape index (κ3) is 2.40. The highest BCUT2D eigenvalue weighted by atomic mass is 16.5. The van der Waals surface area contributed by atoms with Crippen LogP contribution in [0.15, 0.2) is 11.6 Å². The van der Waals surface area contributed by atoms with Gasteiger partial charge in [0.2, 0.25) is 0 Å². The molecule has 0 amide bonds. The summed E-state index contributed by atoms with van der Waals surface area (Å²) in [5, 5.41) is 32.8. The van der Waals surface area contributed by atoms with Crippen LogP contribution >= 0.6 is 0 Å². The average Bonchev–Trinajstić information content (AvgIpc) is 3.20. The molecule has 6 nitrogen and oxygen atoms in total. The molecule has 0 radical (unpaired) electrons. The molecule has 0 aromatic rings. The fourth-order valence-corrected chi connectivity index (χ4v) is 8.35. The first-order chi connectivity index (χ1) is 13.6. The van der Waals surface area contributed by atoms with E-state index in [9.17, 15) is 24.9 Å². The van der Waals surface area contributed by atoms with Crippen LogP contribution in [0.3, 0.4) is 0 Å². The molecule has 4 fully saturated rings. The van der Waals surface area contributed by atoms with Crippen molar-refractivity contribution in [3.8, 4) is 0 Å². The van der Waals surface area contributed by atoms with E-state index in [1.54, 1.807) is 6.08 Å². The number of aliphatic hydroxyl groups excluding tert-OH is 2. The van der Waals surface area contributed by atoms with Gasteiger partial charge in [-0.15, -0.1) is 0 Å². The lowest BCUT2D eigenvalue weighted by Crippen LogP contribution is -2.65. The number of ketones is 1. The molecule has 6 heteroatoms. The average molecular weight is 405 g/mol. The van der Waals surface area contributed by atoms with Gasteiger partial charge in [-0.1, -0.05) is 13.8 Å². The van der Waals surface area contributed by atoms with Crippen LogP contribution in [-0.2, 0) is 14.3 Å². The van der Waals surface area contributed by atoms with Crippen LogP contribution in [0.1, 0.15) is 58.8 Å². The molecule has 0 aromatic heterocycles. The fourth-order valence-electron chi connectivity index (χ4n) is 8.35. The Kier molecular flexibility index (Phi) is 4.18. The summed E-state index contributed by atoms with van der Waals surface area (Å²) in [5.74, 6) is -0.292. The van der Waals surface area contributed by atoms with Gasteiger partial charge in [0.25, 0.3) is 0 Å². The molecule has 0 bridgehead atoms. The highest BCUT2D eigenvalue weighted by Gasteiger charge is 2.69. The molecule has 29 heavy (non-hydrogen) atoms. The van der Waals surface area contributed by atoms with Crippen molar-refractivity contribution in [2.24, 2.45) is 34.5 Å². The Balaban J connectivity index is 1.49. The number of hydrogen-bond donors (Lipinski definition) is 3. The third-order valence-corrected chi connectivity index (χ3v) is 9.88. The second-order valence-corrected chi connectivity index (χ2v) is 10.8.